The number of hydrogen-bond acceptors (Lipinski definition) is 6. The summed E-state index contributed by atoms with van der Waals surface area (Å²) in [6, 6.07) is 24.4. The number of rotatable bonds is 5. The van der Waals surface area contributed by atoms with E-state index in [0.717, 1.165) is 39.8 Å². The molecule has 168 valence electrons. The minimum Gasteiger partial charge on any atom is -0.354 e. The number of benzene rings is 2. The first kappa shape index (κ1) is 20.8. The van der Waals surface area contributed by atoms with Gasteiger partial charge in [-0.25, -0.2) is 19.9 Å². The lowest BCUT2D eigenvalue weighted by Crippen LogP contribution is -2.47. The maximum absolute atomic E-state index is 5.08. The highest BCUT2D eigenvalue weighted by atomic mass is 15.2. The molecule has 4 N–H and O–H groups in total. The monoisotopic (exact) mass is 457 g/mol. The van der Waals surface area contributed by atoms with Crippen molar-refractivity contribution in [1.82, 2.24) is 35.1 Å². The Morgan fingerprint density at radius 1 is 0.686 bits per heavy atom. The molecule has 0 bridgehead atoms. The number of fused-ring (bicyclic) bond motifs is 1. The number of aromatic amines is 1. The van der Waals surface area contributed by atoms with E-state index >= 15 is 0 Å². The second-order valence-corrected chi connectivity index (χ2v) is 8.00. The van der Waals surface area contributed by atoms with Gasteiger partial charge in [-0.05, 0) is 23.8 Å². The molecule has 6 aromatic rings. The van der Waals surface area contributed by atoms with Gasteiger partial charge in [0.05, 0.1) is 17.8 Å². The summed E-state index contributed by atoms with van der Waals surface area (Å²) >= 11 is 0. The van der Waals surface area contributed by atoms with Crippen molar-refractivity contribution in [2.24, 2.45) is 0 Å². The predicted molar refractivity (Wildman–Crippen MR) is 133 cm³/mol. The van der Waals surface area contributed by atoms with Crippen molar-refractivity contribution in [3.63, 3.8) is 0 Å². The van der Waals surface area contributed by atoms with Crippen LogP contribution in [0.25, 0.3) is 56.5 Å². The number of quaternary nitrogens is 1. The normalized spacial score (nSPS) is 11.1. The molecule has 8 heteroatoms. The average Bonchev–Trinajstić information content (AvgIpc) is 3.43. The molecule has 0 radical (unpaired) electrons. The first-order chi connectivity index (χ1) is 17.3. The van der Waals surface area contributed by atoms with Crippen LogP contribution in [0.4, 0.5) is 0 Å². The summed E-state index contributed by atoms with van der Waals surface area (Å²) in [7, 11) is 0. The lowest BCUT2D eigenvalue weighted by Gasteiger charge is -2.13. The molecule has 8 nitrogen and oxygen atoms in total. The van der Waals surface area contributed by atoms with Crippen LogP contribution in [-0.4, -0.2) is 35.1 Å². The fourth-order valence-electron chi connectivity index (χ4n) is 4.05. The molecular weight excluding hydrogens is 436 g/mol. The zero-order valence-electron chi connectivity index (χ0n) is 18.8. The van der Waals surface area contributed by atoms with Gasteiger partial charge in [-0.2, -0.15) is 5.10 Å². The molecule has 4 heterocycles. The van der Waals surface area contributed by atoms with E-state index in [0.29, 0.717) is 23.2 Å². The Labute approximate surface area is 201 Å². The summed E-state index contributed by atoms with van der Waals surface area (Å²) in [5, 5.41) is 8.20. The number of aromatic nitrogens is 7. The van der Waals surface area contributed by atoms with Gasteiger partial charge in [-0.1, -0.05) is 54.6 Å². The standard InChI is InChI=1S/C27H20N8/c28-16-17-7-9-19(10-8-17)23-20(18-5-2-1-3-6-18)15-21-22(32-23)11-14-29-24(21)25-33-27(35-34-25)26-30-12-4-13-31-26/h1-15H,16,28H2,(H,33,34,35)/p+1. The van der Waals surface area contributed by atoms with E-state index in [2.05, 4.69) is 78.3 Å². The van der Waals surface area contributed by atoms with E-state index < -0.39 is 0 Å². The second kappa shape index (κ2) is 8.85. The molecular formula is C27H21N8+. The Kier molecular flexibility index (Phi) is 5.25. The zero-order chi connectivity index (χ0) is 23.6. The Balaban J connectivity index is 1.54. The molecule has 0 saturated carbocycles. The predicted octanol–water partition coefficient (Wildman–Crippen LogP) is 3.95. The van der Waals surface area contributed by atoms with Crippen LogP contribution in [0.5, 0.6) is 0 Å². The van der Waals surface area contributed by atoms with Crippen molar-refractivity contribution in [1.29, 1.82) is 0 Å². The highest BCUT2D eigenvalue weighted by Crippen LogP contribution is 2.35. The summed E-state index contributed by atoms with van der Waals surface area (Å²) < 4.78 is 0. The third-order valence-corrected chi connectivity index (χ3v) is 5.82. The van der Waals surface area contributed by atoms with E-state index in [4.69, 9.17) is 4.98 Å². The maximum atomic E-state index is 5.08. The van der Waals surface area contributed by atoms with Crippen LogP contribution in [0.1, 0.15) is 5.56 Å². The molecule has 0 atom stereocenters. The van der Waals surface area contributed by atoms with Crippen LogP contribution >= 0.6 is 0 Å². The highest BCUT2D eigenvalue weighted by Gasteiger charge is 2.18. The van der Waals surface area contributed by atoms with Crippen LogP contribution in [0.2, 0.25) is 0 Å². The summed E-state index contributed by atoms with van der Waals surface area (Å²) in [6.07, 6.45) is 5.07. The summed E-state index contributed by atoms with van der Waals surface area (Å²) in [6.45, 7) is 0.749. The van der Waals surface area contributed by atoms with E-state index in [1.807, 2.05) is 24.3 Å². The van der Waals surface area contributed by atoms with Crippen molar-refractivity contribution in [2.75, 3.05) is 0 Å². The van der Waals surface area contributed by atoms with Gasteiger partial charge >= 0.3 is 0 Å². The van der Waals surface area contributed by atoms with Crippen LogP contribution in [-0.2, 0) is 6.54 Å². The summed E-state index contributed by atoms with van der Waals surface area (Å²) in [4.78, 5) is 22.8. The SMILES string of the molecule is [NH3+]Cc1ccc(-c2nc3ccnc(-c4n[nH]c(-c5ncccn5)n4)c3cc2-c2ccccc2)cc1. The first-order valence-electron chi connectivity index (χ1n) is 11.2. The van der Waals surface area contributed by atoms with Gasteiger partial charge < -0.3 is 5.73 Å². The highest BCUT2D eigenvalue weighted by molar-refractivity contribution is 5.97. The van der Waals surface area contributed by atoms with E-state index in [1.54, 1.807) is 24.7 Å². The van der Waals surface area contributed by atoms with Crippen molar-refractivity contribution in [3.05, 3.63) is 97.0 Å². The Hall–Kier alpha value is -4.82. The number of hydrogen-bond donors (Lipinski definition) is 2. The minimum atomic E-state index is 0.464. The van der Waals surface area contributed by atoms with Crippen LogP contribution in [0.3, 0.4) is 0 Å². The van der Waals surface area contributed by atoms with Gasteiger partial charge in [0.2, 0.25) is 5.82 Å². The average molecular weight is 458 g/mol. The van der Waals surface area contributed by atoms with Gasteiger partial charge in [0.25, 0.3) is 0 Å². The van der Waals surface area contributed by atoms with E-state index in [1.165, 1.54) is 5.56 Å². The van der Waals surface area contributed by atoms with Crippen LogP contribution < -0.4 is 5.73 Å². The van der Waals surface area contributed by atoms with E-state index in [-0.39, 0.29) is 0 Å². The molecule has 0 aliphatic rings. The molecule has 0 amide bonds. The Morgan fingerprint density at radius 2 is 1.49 bits per heavy atom. The van der Waals surface area contributed by atoms with Gasteiger partial charge in [-0.15, -0.1) is 0 Å². The molecule has 0 saturated heterocycles. The van der Waals surface area contributed by atoms with Crippen molar-refractivity contribution < 1.29 is 5.73 Å². The molecule has 2 aromatic carbocycles. The Bertz CT molecular complexity index is 1610. The fraction of sp³-hybridized carbons (Fsp3) is 0.0370. The molecule has 0 aliphatic heterocycles. The number of nitrogens with one attached hydrogen (secondary N) is 1. The second-order valence-electron chi connectivity index (χ2n) is 8.00. The molecule has 35 heavy (non-hydrogen) atoms. The smallest absolute Gasteiger partial charge is 0.200 e. The molecule has 6 rings (SSSR count). The lowest BCUT2D eigenvalue weighted by molar-refractivity contribution is -0.386. The van der Waals surface area contributed by atoms with Crippen LogP contribution in [0, 0.1) is 0 Å². The van der Waals surface area contributed by atoms with E-state index in [9.17, 15) is 0 Å². The molecule has 0 spiro atoms. The topological polar surface area (TPSA) is 121 Å². The van der Waals surface area contributed by atoms with Gasteiger partial charge in [0.1, 0.15) is 5.69 Å². The first-order valence-corrected chi connectivity index (χ1v) is 11.2. The van der Waals surface area contributed by atoms with Crippen molar-refractivity contribution in [3.8, 4) is 45.6 Å². The Morgan fingerprint density at radius 3 is 2.26 bits per heavy atom. The molecule has 0 fully saturated rings. The quantitative estimate of drug-likeness (QED) is 0.404. The number of pyridine rings is 2. The van der Waals surface area contributed by atoms with Crippen LogP contribution in [0.15, 0.2) is 91.4 Å². The van der Waals surface area contributed by atoms with Crippen molar-refractivity contribution in [2.45, 2.75) is 6.54 Å². The lowest BCUT2D eigenvalue weighted by atomic mass is 9.96. The van der Waals surface area contributed by atoms with Gasteiger partial charge in [0, 0.05) is 40.7 Å². The fourth-order valence-corrected chi connectivity index (χ4v) is 4.05. The number of nitrogens with zero attached hydrogens (tertiary/aromatic N) is 6. The van der Waals surface area contributed by atoms with Gasteiger partial charge in [-0.3, -0.25) is 10.1 Å². The van der Waals surface area contributed by atoms with Gasteiger partial charge in [0.15, 0.2) is 11.6 Å². The number of H-pyrrole nitrogens is 1. The zero-order valence-corrected chi connectivity index (χ0v) is 18.8. The van der Waals surface area contributed by atoms with Crippen molar-refractivity contribution >= 4 is 10.9 Å². The molecule has 0 aliphatic carbocycles. The third-order valence-electron chi connectivity index (χ3n) is 5.82. The minimum absolute atomic E-state index is 0.464. The summed E-state index contributed by atoms with van der Waals surface area (Å²) in [5.41, 5.74) is 10.7. The largest absolute Gasteiger partial charge is 0.354 e. The maximum Gasteiger partial charge on any atom is 0.200 e. The summed E-state index contributed by atoms with van der Waals surface area (Å²) in [5.74, 6) is 1.42. The molecule has 4 aromatic heterocycles. The third kappa shape index (κ3) is 3.92. The molecule has 0 unspecified atom stereocenters.